The number of nitrogens with zero attached hydrogens (tertiary/aromatic N) is 4. The molecule has 1 atom stereocenters. The molecule has 1 fully saturated rings. The Bertz CT molecular complexity index is 878. The number of hydrogen-bond acceptors (Lipinski definition) is 4. The van der Waals surface area contributed by atoms with Crippen molar-refractivity contribution in [3.63, 3.8) is 0 Å². The molecule has 2 aromatic carbocycles. The Kier molecular flexibility index (Phi) is 5.02. The van der Waals surface area contributed by atoms with Crippen LogP contribution in [0.5, 0.6) is 0 Å². The van der Waals surface area contributed by atoms with Gasteiger partial charge in [-0.2, -0.15) is 5.10 Å². The predicted molar refractivity (Wildman–Crippen MR) is 104 cm³/mol. The van der Waals surface area contributed by atoms with E-state index in [1.807, 2.05) is 12.1 Å². The van der Waals surface area contributed by atoms with E-state index >= 15 is 0 Å². The molecule has 0 saturated carbocycles. The molecular formula is C20H22ClN5. The van der Waals surface area contributed by atoms with Crippen molar-refractivity contribution in [1.82, 2.24) is 25.0 Å². The van der Waals surface area contributed by atoms with Gasteiger partial charge in [-0.15, -0.1) is 0 Å². The van der Waals surface area contributed by atoms with Crippen molar-refractivity contribution in [3.8, 4) is 5.69 Å². The molecule has 26 heavy (non-hydrogen) atoms. The van der Waals surface area contributed by atoms with Gasteiger partial charge in [0.25, 0.3) is 0 Å². The van der Waals surface area contributed by atoms with Gasteiger partial charge in [-0.25, -0.2) is 9.67 Å². The van der Waals surface area contributed by atoms with Crippen LogP contribution in [0, 0.1) is 6.92 Å². The van der Waals surface area contributed by atoms with E-state index in [1.54, 1.807) is 17.3 Å². The molecule has 134 valence electrons. The van der Waals surface area contributed by atoms with Crippen molar-refractivity contribution in [2.75, 3.05) is 19.6 Å². The van der Waals surface area contributed by atoms with Crippen LogP contribution in [0.1, 0.15) is 22.7 Å². The monoisotopic (exact) mass is 367 g/mol. The van der Waals surface area contributed by atoms with Crippen LogP contribution in [0.3, 0.4) is 0 Å². The molecule has 6 heteroatoms. The normalized spacial score (nSPS) is 18.2. The minimum Gasteiger partial charge on any atom is -0.314 e. The van der Waals surface area contributed by atoms with Gasteiger partial charge in [0.2, 0.25) is 0 Å². The van der Waals surface area contributed by atoms with Gasteiger partial charge in [0, 0.05) is 37.2 Å². The molecule has 2 heterocycles. The molecule has 0 radical (unpaired) electrons. The molecule has 1 N–H and O–H groups in total. The van der Waals surface area contributed by atoms with Gasteiger partial charge in [0.15, 0.2) is 0 Å². The maximum absolute atomic E-state index is 6.21. The maximum Gasteiger partial charge on any atom is 0.138 e. The Morgan fingerprint density at radius 1 is 1.23 bits per heavy atom. The maximum atomic E-state index is 6.21. The summed E-state index contributed by atoms with van der Waals surface area (Å²) in [5.41, 5.74) is 4.83. The second kappa shape index (κ2) is 7.58. The van der Waals surface area contributed by atoms with E-state index in [1.165, 1.54) is 16.7 Å². The van der Waals surface area contributed by atoms with Crippen LogP contribution in [0.2, 0.25) is 5.02 Å². The Morgan fingerprint density at radius 2 is 2.15 bits per heavy atom. The van der Waals surface area contributed by atoms with Crippen LogP contribution >= 0.6 is 11.6 Å². The van der Waals surface area contributed by atoms with Gasteiger partial charge in [0.05, 0.1) is 5.69 Å². The van der Waals surface area contributed by atoms with Crippen LogP contribution in [-0.2, 0) is 6.54 Å². The molecule has 1 aromatic heterocycles. The van der Waals surface area contributed by atoms with Gasteiger partial charge in [-0.3, -0.25) is 4.90 Å². The fourth-order valence-corrected chi connectivity index (χ4v) is 3.82. The van der Waals surface area contributed by atoms with Crippen LogP contribution in [0.4, 0.5) is 0 Å². The van der Waals surface area contributed by atoms with E-state index in [0.717, 1.165) is 36.9 Å². The first-order valence-electron chi connectivity index (χ1n) is 8.85. The van der Waals surface area contributed by atoms with E-state index in [0.29, 0.717) is 6.04 Å². The summed E-state index contributed by atoms with van der Waals surface area (Å²) in [4.78, 5) is 6.55. The molecule has 0 aliphatic carbocycles. The quantitative estimate of drug-likeness (QED) is 0.768. The lowest BCUT2D eigenvalue weighted by Crippen LogP contribution is -2.45. The topological polar surface area (TPSA) is 46.0 Å². The van der Waals surface area contributed by atoms with Gasteiger partial charge in [-0.05, 0) is 41.8 Å². The SMILES string of the molecule is Cc1cc(CN2CCNCC2c2cccc(Cl)c2)ccc1-n1cncn1. The summed E-state index contributed by atoms with van der Waals surface area (Å²) < 4.78 is 1.80. The van der Waals surface area contributed by atoms with Crippen molar-refractivity contribution < 1.29 is 0 Å². The lowest BCUT2D eigenvalue weighted by atomic mass is 10.0. The Labute approximate surface area is 158 Å². The average Bonchev–Trinajstić information content (AvgIpc) is 3.17. The summed E-state index contributed by atoms with van der Waals surface area (Å²) in [5.74, 6) is 0. The smallest absolute Gasteiger partial charge is 0.138 e. The zero-order chi connectivity index (χ0) is 17.9. The molecule has 3 aromatic rings. The first-order valence-corrected chi connectivity index (χ1v) is 9.23. The van der Waals surface area contributed by atoms with E-state index < -0.39 is 0 Å². The molecule has 4 rings (SSSR count). The summed E-state index contributed by atoms with van der Waals surface area (Å²) in [6.45, 7) is 5.99. The molecule has 1 unspecified atom stereocenters. The largest absolute Gasteiger partial charge is 0.314 e. The lowest BCUT2D eigenvalue weighted by molar-refractivity contribution is 0.154. The van der Waals surface area contributed by atoms with E-state index in [9.17, 15) is 0 Å². The average molecular weight is 368 g/mol. The summed E-state index contributed by atoms with van der Waals surface area (Å²) >= 11 is 6.21. The van der Waals surface area contributed by atoms with Gasteiger partial charge in [-0.1, -0.05) is 35.9 Å². The van der Waals surface area contributed by atoms with Crippen LogP contribution in [-0.4, -0.2) is 39.3 Å². The zero-order valence-electron chi connectivity index (χ0n) is 14.8. The van der Waals surface area contributed by atoms with Crippen molar-refractivity contribution >= 4 is 11.6 Å². The number of rotatable bonds is 4. The number of hydrogen-bond donors (Lipinski definition) is 1. The second-order valence-electron chi connectivity index (χ2n) is 6.71. The Hall–Kier alpha value is -2.21. The molecular weight excluding hydrogens is 346 g/mol. The molecule has 1 saturated heterocycles. The molecule has 1 aliphatic rings. The fourth-order valence-electron chi connectivity index (χ4n) is 3.62. The standard InChI is InChI=1S/C20H22ClN5/c1-15-9-16(5-6-19(15)26-14-23-13-24-26)12-25-8-7-22-11-20(25)17-3-2-4-18(21)10-17/h2-6,9-10,13-14,20,22H,7-8,11-12H2,1H3. The third-order valence-corrected chi connectivity index (χ3v) is 5.14. The number of benzene rings is 2. The minimum atomic E-state index is 0.331. The fraction of sp³-hybridized carbons (Fsp3) is 0.300. The van der Waals surface area contributed by atoms with Crippen molar-refractivity contribution in [2.45, 2.75) is 19.5 Å². The summed E-state index contributed by atoms with van der Waals surface area (Å²) in [5, 5.41) is 8.52. The summed E-state index contributed by atoms with van der Waals surface area (Å²) in [6, 6.07) is 15.1. The summed E-state index contributed by atoms with van der Waals surface area (Å²) in [6.07, 6.45) is 3.29. The third-order valence-electron chi connectivity index (χ3n) is 4.90. The number of halogens is 1. The third kappa shape index (κ3) is 3.65. The predicted octanol–water partition coefficient (Wildman–Crippen LogP) is 3.38. The van der Waals surface area contributed by atoms with Crippen molar-refractivity contribution in [1.29, 1.82) is 0 Å². The molecule has 5 nitrogen and oxygen atoms in total. The highest BCUT2D eigenvalue weighted by atomic mass is 35.5. The van der Waals surface area contributed by atoms with Crippen LogP contribution < -0.4 is 5.32 Å². The lowest BCUT2D eigenvalue weighted by Gasteiger charge is -2.36. The van der Waals surface area contributed by atoms with Crippen molar-refractivity contribution in [3.05, 3.63) is 76.8 Å². The van der Waals surface area contributed by atoms with E-state index in [2.05, 4.69) is 57.6 Å². The van der Waals surface area contributed by atoms with E-state index in [-0.39, 0.29) is 0 Å². The Balaban J connectivity index is 1.56. The number of nitrogens with one attached hydrogen (secondary N) is 1. The molecule has 0 bridgehead atoms. The zero-order valence-corrected chi connectivity index (χ0v) is 15.5. The highest BCUT2D eigenvalue weighted by Crippen LogP contribution is 2.27. The number of aryl methyl sites for hydroxylation is 1. The van der Waals surface area contributed by atoms with Crippen LogP contribution in [0.15, 0.2) is 55.1 Å². The first kappa shape index (κ1) is 17.2. The number of aromatic nitrogens is 3. The van der Waals surface area contributed by atoms with Gasteiger partial charge in [0.1, 0.15) is 12.7 Å². The van der Waals surface area contributed by atoms with Crippen LogP contribution in [0.25, 0.3) is 5.69 Å². The minimum absolute atomic E-state index is 0.331. The second-order valence-corrected chi connectivity index (χ2v) is 7.14. The molecule has 0 amide bonds. The van der Waals surface area contributed by atoms with Gasteiger partial charge < -0.3 is 5.32 Å². The first-order chi connectivity index (χ1) is 12.7. The Morgan fingerprint density at radius 3 is 2.92 bits per heavy atom. The molecule has 1 aliphatic heterocycles. The highest BCUT2D eigenvalue weighted by molar-refractivity contribution is 6.30. The molecule has 0 spiro atoms. The summed E-state index contributed by atoms with van der Waals surface area (Å²) in [7, 11) is 0. The van der Waals surface area contributed by atoms with Gasteiger partial charge >= 0.3 is 0 Å². The van der Waals surface area contributed by atoms with Crippen molar-refractivity contribution in [2.24, 2.45) is 0 Å². The number of piperazine rings is 1. The van der Waals surface area contributed by atoms with E-state index in [4.69, 9.17) is 11.6 Å². The highest BCUT2D eigenvalue weighted by Gasteiger charge is 2.24.